The van der Waals surface area contributed by atoms with Crippen LogP contribution in [0.2, 0.25) is 0 Å². The number of nitrogens with one attached hydrogen (secondary N) is 1. The van der Waals surface area contributed by atoms with Gasteiger partial charge in [-0.05, 0) is 46.9 Å². The highest BCUT2D eigenvalue weighted by molar-refractivity contribution is 14.1. The third kappa shape index (κ3) is 3.90. The average Bonchev–Trinajstić information content (AvgIpc) is 2.75. The lowest BCUT2D eigenvalue weighted by atomic mass is 10.3. The lowest BCUT2D eigenvalue weighted by molar-refractivity contribution is -0.136. The van der Waals surface area contributed by atoms with Crippen molar-refractivity contribution in [2.24, 2.45) is 0 Å². The van der Waals surface area contributed by atoms with E-state index >= 15 is 0 Å². The van der Waals surface area contributed by atoms with Gasteiger partial charge in [-0.25, -0.2) is 13.4 Å². The monoisotopic (exact) mass is 424 g/mol. The van der Waals surface area contributed by atoms with Crippen LogP contribution < -0.4 is 4.72 Å². The Hall–Kier alpha value is -1.20. The number of halogens is 1. The number of benzene rings is 1. The average molecular weight is 424 g/mol. The van der Waals surface area contributed by atoms with Gasteiger partial charge in [0.15, 0.2) is 5.13 Å². The Morgan fingerprint density at radius 2 is 2.00 bits per heavy atom. The number of hydrogen-bond donors (Lipinski definition) is 2. The summed E-state index contributed by atoms with van der Waals surface area (Å²) in [6, 6.07) is 6.37. The van der Waals surface area contributed by atoms with E-state index in [-0.39, 0.29) is 16.4 Å². The first-order valence-electron chi connectivity index (χ1n) is 5.31. The molecular weight excluding hydrogens is 415 g/mol. The quantitative estimate of drug-likeness (QED) is 0.718. The number of nitrogens with zero attached hydrogens (tertiary/aromatic N) is 1. The van der Waals surface area contributed by atoms with Crippen LogP contribution in [-0.4, -0.2) is 24.5 Å². The van der Waals surface area contributed by atoms with Crippen molar-refractivity contribution in [3.8, 4) is 0 Å². The maximum Gasteiger partial charge on any atom is 0.309 e. The first-order chi connectivity index (χ1) is 9.37. The fourth-order valence-corrected chi connectivity index (χ4v) is 3.70. The Balaban J connectivity index is 2.18. The van der Waals surface area contributed by atoms with Crippen molar-refractivity contribution in [2.75, 3.05) is 4.72 Å². The van der Waals surface area contributed by atoms with Crippen molar-refractivity contribution in [1.29, 1.82) is 0 Å². The lowest BCUT2D eigenvalue weighted by Gasteiger charge is -2.04. The van der Waals surface area contributed by atoms with Crippen molar-refractivity contribution >= 4 is 55.1 Å². The van der Waals surface area contributed by atoms with E-state index in [1.165, 1.54) is 17.5 Å². The number of aromatic nitrogens is 1. The molecule has 20 heavy (non-hydrogen) atoms. The second-order valence-electron chi connectivity index (χ2n) is 3.77. The molecule has 0 atom stereocenters. The minimum atomic E-state index is -3.70. The molecule has 0 aliphatic carbocycles. The smallest absolute Gasteiger partial charge is 0.309 e. The van der Waals surface area contributed by atoms with E-state index in [9.17, 15) is 13.2 Å². The fraction of sp³-hybridized carbons (Fsp3) is 0.0909. The molecule has 2 aromatic rings. The van der Waals surface area contributed by atoms with Gasteiger partial charge in [0.25, 0.3) is 10.0 Å². The lowest BCUT2D eigenvalue weighted by Crippen LogP contribution is -2.13. The summed E-state index contributed by atoms with van der Waals surface area (Å²) in [5.41, 5.74) is 0.322. The van der Waals surface area contributed by atoms with Crippen LogP contribution in [0.1, 0.15) is 5.69 Å². The summed E-state index contributed by atoms with van der Waals surface area (Å²) in [6.07, 6.45) is -0.234. The number of carbonyl (C=O) groups is 1. The van der Waals surface area contributed by atoms with Gasteiger partial charge in [-0.15, -0.1) is 11.3 Å². The van der Waals surface area contributed by atoms with Crippen LogP contribution in [0, 0.1) is 3.57 Å². The van der Waals surface area contributed by atoms with Crippen molar-refractivity contribution < 1.29 is 18.3 Å². The molecule has 106 valence electrons. The Morgan fingerprint density at radius 3 is 2.60 bits per heavy atom. The first kappa shape index (κ1) is 15.2. The molecule has 0 aliphatic rings. The number of aliphatic carboxylic acids is 1. The molecule has 2 rings (SSSR count). The molecule has 0 aliphatic heterocycles. The van der Waals surface area contributed by atoms with Crippen LogP contribution in [-0.2, 0) is 21.2 Å². The number of anilines is 1. The highest BCUT2D eigenvalue weighted by atomic mass is 127. The van der Waals surface area contributed by atoms with E-state index in [4.69, 9.17) is 5.11 Å². The van der Waals surface area contributed by atoms with E-state index in [0.717, 1.165) is 14.9 Å². The largest absolute Gasteiger partial charge is 0.481 e. The van der Waals surface area contributed by atoms with Gasteiger partial charge in [0.2, 0.25) is 0 Å². The van der Waals surface area contributed by atoms with Gasteiger partial charge in [-0.1, -0.05) is 0 Å². The van der Waals surface area contributed by atoms with E-state index in [1.54, 1.807) is 12.1 Å². The highest BCUT2D eigenvalue weighted by Gasteiger charge is 2.16. The number of carboxylic acids is 1. The molecule has 0 fully saturated rings. The molecule has 1 heterocycles. The minimum absolute atomic E-state index is 0.132. The van der Waals surface area contributed by atoms with Gasteiger partial charge in [0, 0.05) is 8.95 Å². The SMILES string of the molecule is O=C(O)Cc1csc(NS(=O)(=O)c2ccc(I)cc2)n1. The normalized spacial score (nSPS) is 11.2. The Labute approximate surface area is 133 Å². The van der Waals surface area contributed by atoms with Crippen LogP contribution in [0.4, 0.5) is 5.13 Å². The summed E-state index contributed by atoms with van der Waals surface area (Å²) in [7, 11) is -3.70. The molecule has 1 aromatic carbocycles. The number of hydrogen-bond acceptors (Lipinski definition) is 5. The van der Waals surface area contributed by atoms with Crippen molar-refractivity contribution in [1.82, 2.24) is 4.98 Å². The van der Waals surface area contributed by atoms with Gasteiger partial charge >= 0.3 is 5.97 Å². The Morgan fingerprint density at radius 1 is 1.35 bits per heavy atom. The van der Waals surface area contributed by atoms with Crippen LogP contribution in [0.15, 0.2) is 34.5 Å². The van der Waals surface area contributed by atoms with Crippen molar-refractivity contribution in [2.45, 2.75) is 11.3 Å². The molecule has 0 amide bonds. The van der Waals surface area contributed by atoms with Gasteiger partial charge < -0.3 is 5.11 Å². The molecule has 9 heteroatoms. The molecule has 6 nitrogen and oxygen atoms in total. The second-order valence-corrected chi connectivity index (χ2v) is 7.56. The summed E-state index contributed by atoms with van der Waals surface area (Å²) >= 11 is 3.13. The zero-order valence-corrected chi connectivity index (χ0v) is 13.7. The third-order valence-electron chi connectivity index (χ3n) is 2.23. The highest BCUT2D eigenvalue weighted by Crippen LogP contribution is 2.21. The molecule has 1 aromatic heterocycles. The van der Waals surface area contributed by atoms with Crippen LogP contribution in [0.25, 0.3) is 0 Å². The molecule has 0 bridgehead atoms. The molecule has 2 N–H and O–H groups in total. The summed E-state index contributed by atoms with van der Waals surface area (Å²) in [4.78, 5) is 14.6. The topological polar surface area (TPSA) is 96.4 Å². The molecule has 0 spiro atoms. The van der Waals surface area contributed by atoms with Crippen molar-refractivity contribution in [3.63, 3.8) is 0 Å². The van der Waals surface area contributed by atoms with Gasteiger partial charge in [0.1, 0.15) is 0 Å². The number of sulfonamides is 1. The fourth-order valence-electron chi connectivity index (χ4n) is 1.38. The van der Waals surface area contributed by atoms with E-state index < -0.39 is 16.0 Å². The predicted molar refractivity (Wildman–Crippen MR) is 83.4 cm³/mol. The number of rotatable bonds is 5. The maximum atomic E-state index is 12.1. The molecule has 0 unspecified atom stereocenters. The summed E-state index contributed by atoms with van der Waals surface area (Å²) < 4.78 is 27.4. The van der Waals surface area contributed by atoms with Gasteiger partial charge in [0.05, 0.1) is 17.0 Å². The summed E-state index contributed by atoms with van der Waals surface area (Å²) in [6.45, 7) is 0. The molecule has 0 radical (unpaired) electrons. The van der Waals surface area contributed by atoms with Crippen LogP contribution in [0.3, 0.4) is 0 Å². The summed E-state index contributed by atoms with van der Waals surface area (Å²) in [5.74, 6) is -1.01. The first-order valence-corrected chi connectivity index (χ1v) is 8.75. The standard InChI is InChI=1S/C11H9IN2O4S2/c12-7-1-3-9(4-2-7)20(17,18)14-11-13-8(6-19-11)5-10(15)16/h1-4,6H,5H2,(H,13,14)(H,15,16). The van der Waals surface area contributed by atoms with Gasteiger partial charge in [-0.3, -0.25) is 9.52 Å². The maximum absolute atomic E-state index is 12.1. The van der Waals surface area contributed by atoms with E-state index in [2.05, 4.69) is 32.3 Å². The zero-order valence-electron chi connectivity index (χ0n) is 9.91. The van der Waals surface area contributed by atoms with Gasteiger partial charge in [-0.2, -0.15) is 0 Å². The molecular formula is C11H9IN2O4S2. The molecule has 0 saturated heterocycles. The number of carboxylic acid groups (broad SMARTS) is 1. The molecule has 0 saturated carbocycles. The Kier molecular flexibility index (Phi) is 4.60. The third-order valence-corrected chi connectivity index (χ3v) is 5.24. The van der Waals surface area contributed by atoms with Crippen molar-refractivity contribution in [3.05, 3.63) is 38.9 Å². The second kappa shape index (κ2) is 6.06. The summed E-state index contributed by atoms with van der Waals surface area (Å²) in [5, 5.41) is 10.3. The Bertz CT molecular complexity index is 725. The number of thiazole rings is 1. The van der Waals surface area contributed by atoms with E-state index in [0.29, 0.717) is 5.69 Å². The van der Waals surface area contributed by atoms with E-state index in [1.807, 2.05) is 0 Å². The van der Waals surface area contributed by atoms with Crippen LogP contribution >= 0.6 is 33.9 Å². The predicted octanol–water partition coefficient (Wildman–Crippen LogP) is 2.18. The van der Waals surface area contributed by atoms with Crippen LogP contribution in [0.5, 0.6) is 0 Å². The minimum Gasteiger partial charge on any atom is -0.481 e. The zero-order chi connectivity index (χ0) is 14.8.